The summed E-state index contributed by atoms with van der Waals surface area (Å²) in [5, 5.41) is 12.1. The van der Waals surface area contributed by atoms with Crippen LogP contribution >= 0.6 is 11.6 Å². The number of hydrogen-bond donors (Lipinski definition) is 1. The van der Waals surface area contributed by atoms with Crippen LogP contribution < -0.4 is 10.1 Å². The molecule has 0 saturated carbocycles. The maximum atomic E-state index is 11.7. The van der Waals surface area contributed by atoms with E-state index in [2.05, 4.69) is 5.32 Å². The number of nitriles is 1. The molecule has 0 fully saturated rings. The molecule has 1 rings (SSSR count). The van der Waals surface area contributed by atoms with E-state index in [0.717, 1.165) is 0 Å². The summed E-state index contributed by atoms with van der Waals surface area (Å²) in [7, 11) is 0. The maximum Gasteiger partial charge on any atom is 0.344 e. The Balaban J connectivity index is 2.38. The van der Waals surface area contributed by atoms with Crippen LogP contribution in [0.1, 0.15) is 20.8 Å². The molecular weight excluding hydrogens is 320 g/mol. The Hall–Kier alpha value is -2.26. The Morgan fingerprint density at radius 2 is 2.09 bits per heavy atom. The first kappa shape index (κ1) is 18.8. The quantitative estimate of drug-likeness (QED) is 0.771. The summed E-state index contributed by atoms with van der Waals surface area (Å²) >= 11 is 5.79. The third-order valence-corrected chi connectivity index (χ3v) is 3.54. The average molecular weight is 339 g/mol. The van der Waals surface area contributed by atoms with E-state index in [4.69, 9.17) is 26.3 Å². The van der Waals surface area contributed by atoms with Gasteiger partial charge in [-0.2, -0.15) is 5.26 Å². The predicted octanol–water partition coefficient (Wildman–Crippen LogP) is 2.32. The Morgan fingerprint density at radius 3 is 2.65 bits per heavy atom. The molecule has 0 saturated heterocycles. The van der Waals surface area contributed by atoms with Crippen molar-refractivity contribution in [3.8, 4) is 11.8 Å². The molecule has 1 aromatic rings. The lowest BCUT2D eigenvalue weighted by Crippen LogP contribution is -2.50. The molecule has 0 aliphatic rings. The second-order valence-electron chi connectivity index (χ2n) is 5.42. The van der Waals surface area contributed by atoms with Crippen LogP contribution in [0, 0.1) is 17.2 Å². The number of rotatable bonds is 7. The fourth-order valence-electron chi connectivity index (χ4n) is 1.51. The Bertz CT molecular complexity index is 612. The highest BCUT2D eigenvalue weighted by molar-refractivity contribution is 6.30. The topological polar surface area (TPSA) is 88.4 Å². The summed E-state index contributed by atoms with van der Waals surface area (Å²) in [5.41, 5.74) is -1.01. The van der Waals surface area contributed by atoms with Gasteiger partial charge in [-0.25, -0.2) is 4.79 Å². The molecule has 6 nitrogen and oxygen atoms in total. The van der Waals surface area contributed by atoms with Gasteiger partial charge in [0.2, 0.25) is 0 Å². The van der Waals surface area contributed by atoms with E-state index in [1.807, 2.05) is 19.9 Å². The summed E-state index contributed by atoms with van der Waals surface area (Å²) in [6, 6.07) is 8.61. The van der Waals surface area contributed by atoms with Crippen molar-refractivity contribution in [2.75, 3.05) is 13.2 Å². The van der Waals surface area contributed by atoms with E-state index < -0.39 is 24.0 Å². The molecule has 1 amide bonds. The standard InChI is InChI=1S/C16H19ClN2O4/c1-11(2)16(3,10-18)19-14(20)8-23-15(21)9-22-13-6-4-5-12(17)7-13/h4-7,11H,8-9H2,1-3H3,(H,19,20)/t16-/m0/s1. The zero-order valence-corrected chi connectivity index (χ0v) is 14.0. The van der Waals surface area contributed by atoms with Gasteiger partial charge in [0.25, 0.3) is 5.91 Å². The normalized spacial score (nSPS) is 12.9. The number of carbonyl (C=O) groups excluding carboxylic acids is 2. The number of amides is 1. The van der Waals surface area contributed by atoms with E-state index in [1.165, 1.54) is 0 Å². The van der Waals surface area contributed by atoms with Gasteiger partial charge in [0.05, 0.1) is 6.07 Å². The second-order valence-corrected chi connectivity index (χ2v) is 5.86. The fourth-order valence-corrected chi connectivity index (χ4v) is 1.69. The molecule has 0 radical (unpaired) electrons. The lowest BCUT2D eigenvalue weighted by Gasteiger charge is -2.27. The third kappa shape index (κ3) is 6.17. The van der Waals surface area contributed by atoms with Crippen molar-refractivity contribution in [1.29, 1.82) is 5.26 Å². The van der Waals surface area contributed by atoms with Gasteiger partial charge in [-0.05, 0) is 31.0 Å². The van der Waals surface area contributed by atoms with Crippen molar-refractivity contribution >= 4 is 23.5 Å². The van der Waals surface area contributed by atoms with E-state index in [0.29, 0.717) is 10.8 Å². The van der Waals surface area contributed by atoms with Crippen molar-refractivity contribution in [1.82, 2.24) is 5.32 Å². The molecule has 7 heteroatoms. The number of carbonyl (C=O) groups is 2. The minimum absolute atomic E-state index is 0.0849. The predicted molar refractivity (Wildman–Crippen MR) is 84.9 cm³/mol. The van der Waals surface area contributed by atoms with Crippen molar-refractivity contribution < 1.29 is 19.1 Å². The number of ether oxygens (including phenoxy) is 2. The monoisotopic (exact) mass is 338 g/mol. The van der Waals surface area contributed by atoms with Crippen molar-refractivity contribution in [3.05, 3.63) is 29.3 Å². The lowest BCUT2D eigenvalue weighted by molar-refractivity contribution is -0.150. The average Bonchev–Trinajstić information content (AvgIpc) is 2.50. The number of nitrogens with zero attached hydrogens (tertiary/aromatic N) is 1. The van der Waals surface area contributed by atoms with E-state index in [-0.39, 0.29) is 12.5 Å². The summed E-state index contributed by atoms with van der Waals surface area (Å²) in [4.78, 5) is 23.3. The summed E-state index contributed by atoms with van der Waals surface area (Å²) < 4.78 is 10.0. The van der Waals surface area contributed by atoms with Crippen LogP contribution in [0.3, 0.4) is 0 Å². The van der Waals surface area contributed by atoms with Gasteiger partial charge in [-0.1, -0.05) is 31.5 Å². The molecule has 0 aliphatic heterocycles. The third-order valence-electron chi connectivity index (χ3n) is 3.30. The molecule has 0 unspecified atom stereocenters. The van der Waals surface area contributed by atoms with Gasteiger partial charge < -0.3 is 14.8 Å². The second kappa shape index (κ2) is 8.39. The van der Waals surface area contributed by atoms with Gasteiger partial charge in [0.15, 0.2) is 13.2 Å². The lowest BCUT2D eigenvalue weighted by atomic mass is 9.90. The van der Waals surface area contributed by atoms with Crippen LogP contribution in [0.2, 0.25) is 5.02 Å². The highest BCUT2D eigenvalue weighted by atomic mass is 35.5. The summed E-state index contributed by atoms with van der Waals surface area (Å²) in [5.74, 6) is -0.892. The SMILES string of the molecule is CC(C)[C@](C)(C#N)NC(=O)COC(=O)COc1cccc(Cl)c1. The Morgan fingerprint density at radius 1 is 1.39 bits per heavy atom. The van der Waals surface area contributed by atoms with Crippen molar-refractivity contribution in [2.45, 2.75) is 26.3 Å². The first-order chi connectivity index (χ1) is 10.8. The van der Waals surface area contributed by atoms with Crippen LogP contribution in [0.25, 0.3) is 0 Å². The van der Waals surface area contributed by atoms with Crippen LogP contribution in [-0.4, -0.2) is 30.6 Å². The molecule has 1 N–H and O–H groups in total. The van der Waals surface area contributed by atoms with Crippen LogP contribution in [0.5, 0.6) is 5.75 Å². The molecular formula is C16H19ClN2O4. The fraction of sp³-hybridized carbons (Fsp3) is 0.438. The molecule has 0 spiro atoms. The zero-order chi connectivity index (χ0) is 17.5. The van der Waals surface area contributed by atoms with Crippen LogP contribution in [-0.2, 0) is 14.3 Å². The Kier molecular flexibility index (Phi) is 6.86. The number of esters is 1. The molecule has 124 valence electrons. The smallest absolute Gasteiger partial charge is 0.344 e. The van der Waals surface area contributed by atoms with Gasteiger partial charge in [-0.3, -0.25) is 4.79 Å². The summed E-state index contributed by atoms with van der Waals surface area (Å²) in [6.07, 6.45) is 0. The number of benzene rings is 1. The van der Waals surface area contributed by atoms with E-state index >= 15 is 0 Å². The van der Waals surface area contributed by atoms with Gasteiger partial charge in [0.1, 0.15) is 11.3 Å². The van der Waals surface area contributed by atoms with Gasteiger partial charge in [0, 0.05) is 5.02 Å². The first-order valence-corrected chi connectivity index (χ1v) is 7.41. The zero-order valence-electron chi connectivity index (χ0n) is 13.3. The van der Waals surface area contributed by atoms with Crippen molar-refractivity contribution in [3.63, 3.8) is 0 Å². The van der Waals surface area contributed by atoms with Crippen LogP contribution in [0.4, 0.5) is 0 Å². The molecule has 1 aromatic carbocycles. The summed E-state index contributed by atoms with van der Waals surface area (Å²) in [6.45, 7) is 4.43. The van der Waals surface area contributed by atoms with E-state index in [9.17, 15) is 9.59 Å². The molecule has 0 aliphatic carbocycles. The number of halogens is 1. The molecule has 23 heavy (non-hydrogen) atoms. The minimum Gasteiger partial charge on any atom is -0.482 e. The maximum absolute atomic E-state index is 11.7. The highest BCUT2D eigenvalue weighted by Gasteiger charge is 2.30. The Labute approximate surface area is 140 Å². The number of nitrogens with one attached hydrogen (secondary N) is 1. The highest BCUT2D eigenvalue weighted by Crippen LogP contribution is 2.17. The van der Waals surface area contributed by atoms with Crippen molar-refractivity contribution in [2.24, 2.45) is 5.92 Å². The first-order valence-electron chi connectivity index (χ1n) is 7.03. The van der Waals surface area contributed by atoms with Gasteiger partial charge in [-0.15, -0.1) is 0 Å². The number of hydrogen-bond acceptors (Lipinski definition) is 5. The van der Waals surface area contributed by atoms with E-state index in [1.54, 1.807) is 31.2 Å². The largest absolute Gasteiger partial charge is 0.482 e. The van der Waals surface area contributed by atoms with Crippen LogP contribution in [0.15, 0.2) is 24.3 Å². The molecule has 0 bridgehead atoms. The molecule has 1 atom stereocenters. The van der Waals surface area contributed by atoms with Gasteiger partial charge >= 0.3 is 5.97 Å². The molecule has 0 heterocycles. The minimum atomic E-state index is -1.01. The molecule has 0 aromatic heterocycles.